The van der Waals surface area contributed by atoms with Crippen LogP contribution in [0, 0.1) is 5.92 Å². The molecule has 0 aliphatic heterocycles. The zero-order valence-corrected chi connectivity index (χ0v) is 11.5. The SMILES string of the molecule is CC(C)CC(C)(NC1CCCCCC1)C(=O)O. The summed E-state index contributed by atoms with van der Waals surface area (Å²) in [4.78, 5) is 11.5. The Morgan fingerprint density at radius 1 is 1.29 bits per heavy atom. The Hall–Kier alpha value is -0.570. The smallest absolute Gasteiger partial charge is 0.323 e. The van der Waals surface area contributed by atoms with Gasteiger partial charge >= 0.3 is 5.97 Å². The third kappa shape index (κ3) is 4.66. The highest BCUT2D eigenvalue weighted by atomic mass is 16.4. The van der Waals surface area contributed by atoms with Crippen molar-refractivity contribution < 1.29 is 9.90 Å². The summed E-state index contributed by atoms with van der Waals surface area (Å²) in [6.45, 7) is 5.99. The van der Waals surface area contributed by atoms with Crippen LogP contribution in [0.4, 0.5) is 0 Å². The van der Waals surface area contributed by atoms with Gasteiger partial charge in [0.15, 0.2) is 0 Å². The van der Waals surface area contributed by atoms with E-state index in [1.54, 1.807) is 0 Å². The minimum Gasteiger partial charge on any atom is -0.480 e. The molecule has 2 N–H and O–H groups in total. The van der Waals surface area contributed by atoms with E-state index in [0.717, 1.165) is 12.8 Å². The first kappa shape index (κ1) is 14.5. The molecule has 0 radical (unpaired) electrons. The van der Waals surface area contributed by atoms with Crippen molar-refractivity contribution in [2.24, 2.45) is 5.92 Å². The van der Waals surface area contributed by atoms with Crippen LogP contribution in [0.5, 0.6) is 0 Å². The van der Waals surface area contributed by atoms with Gasteiger partial charge in [-0.05, 0) is 32.1 Å². The first-order chi connectivity index (χ1) is 7.94. The first-order valence-corrected chi connectivity index (χ1v) is 6.95. The average molecular weight is 241 g/mol. The topological polar surface area (TPSA) is 49.3 Å². The molecular weight excluding hydrogens is 214 g/mol. The molecular formula is C14H27NO2. The van der Waals surface area contributed by atoms with E-state index in [9.17, 15) is 9.90 Å². The van der Waals surface area contributed by atoms with E-state index in [4.69, 9.17) is 0 Å². The van der Waals surface area contributed by atoms with Crippen molar-refractivity contribution in [2.45, 2.75) is 77.3 Å². The number of rotatable bonds is 5. The van der Waals surface area contributed by atoms with E-state index in [-0.39, 0.29) is 0 Å². The lowest BCUT2D eigenvalue weighted by molar-refractivity contribution is -0.145. The van der Waals surface area contributed by atoms with Gasteiger partial charge in [-0.1, -0.05) is 39.5 Å². The van der Waals surface area contributed by atoms with Gasteiger partial charge in [-0.3, -0.25) is 10.1 Å². The van der Waals surface area contributed by atoms with Crippen LogP contribution < -0.4 is 5.32 Å². The van der Waals surface area contributed by atoms with E-state index in [1.165, 1.54) is 25.7 Å². The predicted molar refractivity (Wildman–Crippen MR) is 70.1 cm³/mol. The zero-order valence-electron chi connectivity index (χ0n) is 11.5. The Morgan fingerprint density at radius 3 is 2.24 bits per heavy atom. The number of hydrogen-bond donors (Lipinski definition) is 2. The fourth-order valence-electron chi connectivity index (χ4n) is 2.90. The number of hydrogen-bond acceptors (Lipinski definition) is 2. The highest BCUT2D eigenvalue weighted by molar-refractivity contribution is 5.78. The minimum atomic E-state index is -0.761. The van der Waals surface area contributed by atoms with Gasteiger partial charge in [-0.25, -0.2) is 0 Å². The number of carboxylic acids is 1. The lowest BCUT2D eigenvalue weighted by Crippen LogP contribution is -2.54. The van der Waals surface area contributed by atoms with Gasteiger partial charge in [0, 0.05) is 6.04 Å². The van der Waals surface area contributed by atoms with Gasteiger partial charge in [0.25, 0.3) is 0 Å². The van der Waals surface area contributed by atoms with E-state index in [2.05, 4.69) is 19.2 Å². The quantitative estimate of drug-likeness (QED) is 0.727. The fraction of sp³-hybridized carbons (Fsp3) is 0.929. The summed E-state index contributed by atoms with van der Waals surface area (Å²) >= 11 is 0. The summed E-state index contributed by atoms with van der Waals surface area (Å²) < 4.78 is 0. The van der Waals surface area contributed by atoms with Crippen molar-refractivity contribution in [1.82, 2.24) is 5.32 Å². The molecule has 1 rings (SSSR count). The molecule has 1 unspecified atom stereocenters. The molecule has 0 saturated heterocycles. The summed E-state index contributed by atoms with van der Waals surface area (Å²) in [5.74, 6) is -0.315. The predicted octanol–water partition coefficient (Wildman–Crippen LogP) is 3.19. The molecule has 3 heteroatoms. The number of carbonyl (C=O) groups is 1. The fourth-order valence-corrected chi connectivity index (χ4v) is 2.90. The van der Waals surface area contributed by atoms with Gasteiger partial charge in [0.05, 0.1) is 0 Å². The summed E-state index contributed by atoms with van der Waals surface area (Å²) in [6.07, 6.45) is 8.00. The van der Waals surface area contributed by atoms with Crippen molar-refractivity contribution in [3.05, 3.63) is 0 Å². The molecule has 0 aromatic rings. The van der Waals surface area contributed by atoms with E-state index < -0.39 is 11.5 Å². The van der Waals surface area contributed by atoms with Crippen LogP contribution in [-0.2, 0) is 4.79 Å². The molecule has 3 nitrogen and oxygen atoms in total. The number of nitrogens with one attached hydrogen (secondary N) is 1. The minimum absolute atomic E-state index is 0.386. The molecule has 0 spiro atoms. The van der Waals surface area contributed by atoms with Crippen LogP contribution in [0.25, 0.3) is 0 Å². The number of aliphatic carboxylic acids is 1. The van der Waals surface area contributed by atoms with Gasteiger partial charge in [-0.2, -0.15) is 0 Å². The molecule has 0 bridgehead atoms. The Balaban J connectivity index is 2.61. The van der Waals surface area contributed by atoms with Crippen molar-refractivity contribution >= 4 is 5.97 Å². The molecule has 1 saturated carbocycles. The van der Waals surface area contributed by atoms with E-state index in [1.807, 2.05) is 6.92 Å². The van der Waals surface area contributed by atoms with Crippen LogP contribution in [-0.4, -0.2) is 22.7 Å². The van der Waals surface area contributed by atoms with Crippen LogP contribution in [0.1, 0.15) is 65.7 Å². The largest absolute Gasteiger partial charge is 0.480 e. The Labute approximate surface area is 105 Å². The standard InChI is InChI=1S/C14H27NO2/c1-11(2)10-14(3,13(16)17)15-12-8-6-4-5-7-9-12/h11-12,15H,4-10H2,1-3H3,(H,16,17). The second-order valence-electron chi connectivity index (χ2n) is 6.07. The molecule has 1 fully saturated rings. The molecule has 1 aliphatic rings. The maximum Gasteiger partial charge on any atom is 0.323 e. The zero-order chi connectivity index (χ0) is 12.9. The Bertz CT molecular complexity index is 245. The molecule has 100 valence electrons. The van der Waals surface area contributed by atoms with Gasteiger partial charge < -0.3 is 5.11 Å². The molecule has 1 aliphatic carbocycles. The van der Waals surface area contributed by atoms with Crippen molar-refractivity contribution in [3.8, 4) is 0 Å². The molecule has 17 heavy (non-hydrogen) atoms. The monoisotopic (exact) mass is 241 g/mol. The summed E-state index contributed by atoms with van der Waals surface area (Å²) in [5, 5.41) is 12.8. The normalized spacial score (nSPS) is 22.1. The molecule has 0 aromatic heterocycles. The van der Waals surface area contributed by atoms with Gasteiger partial charge in [0.2, 0.25) is 0 Å². The maximum atomic E-state index is 11.5. The van der Waals surface area contributed by atoms with Gasteiger partial charge in [0.1, 0.15) is 5.54 Å². The lowest BCUT2D eigenvalue weighted by Gasteiger charge is -2.32. The van der Waals surface area contributed by atoms with Crippen molar-refractivity contribution in [3.63, 3.8) is 0 Å². The van der Waals surface area contributed by atoms with Crippen molar-refractivity contribution in [2.75, 3.05) is 0 Å². The summed E-state index contributed by atoms with van der Waals surface area (Å²) in [7, 11) is 0. The first-order valence-electron chi connectivity index (χ1n) is 6.95. The highest BCUT2D eigenvalue weighted by Gasteiger charge is 2.35. The maximum absolute atomic E-state index is 11.5. The van der Waals surface area contributed by atoms with E-state index in [0.29, 0.717) is 18.4 Å². The Morgan fingerprint density at radius 2 is 1.82 bits per heavy atom. The van der Waals surface area contributed by atoms with Crippen molar-refractivity contribution in [1.29, 1.82) is 0 Å². The second kappa shape index (κ2) is 6.39. The molecule has 1 atom stereocenters. The van der Waals surface area contributed by atoms with Crippen LogP contribution >= 0.6 is 0 Å². The van der Waals surface area contributed by atoms with Gasteiger partial charge in [-0.15, -0.1) is 0 Å². The highest BCUT2D eigenvalue weighted by Crippen LogP contribution is 2.23. The molecule has 0 heterocycles. The molecule has 0 amide bonds. The van der Waals surface area contributed by atoms with E-state index >= 15 is 0 Å². The number of carboxylic acid groups (broad SMARTS) is 1. The van der Waals surface area contributed by atoms with Crippen LogP contribution in [0.2, 0.25) is 0 Å². The van der Waals surface area contributed by atoms with Crippen LogP contribution in [0.15, 0.2) is 0 Å². The third-order valence-electron chi connectivity index (χ3n) is 3.67. The average Bonchev–Trinajstić information content (AvgIpc) is 2.44. The Kier molecular flexibility index (Phi) is 5.44. The molecule has 0 aromatic carbocycles. The van der Waals surface area contributed by atoms with Crippen LogP contribution in [0.3, 0.4) is 0 Å². The lowest BCUT2D eigenvalue weighted by atomic mass is 9.89. The third-order valence-corrected chi connectivity index (χ3v) is 3.67. The second-order valence-corrected chi connectivity index (χ2v) is 6.07. The summed E-state index contributed by atoms with van der Waals surface area (Å²) in [6, 6.07) is 0.386. The summed E-state index contributed by atoms with van der Waals surface area (Å²) in [5.41, 5.74) is -0.761.